The third-order valence-electron chi connectivity index (χ3n) is 5.83. The molecule has 1 aliphatic carbocycles. The quantitative estimate of drug-likeness (QED) is 0.185. The molecule has 0 aliphatic heterocycles. The fraction of sp³-hybridized carbons (Fsp3) is 0.208. The highest BCUT2D eigenvalue weighted by Crippen LogP contribution is 2.24. The molecule has 0 bridgehead atoms. The summed E-state index contributed by atoms with van der Waals surface area (Å²) in [6, 6.07) is 8.23. The van der Waals surface area contributed by atoms with Crippen LogP contribution in [0.25, 0.3) is 22.9 Å². The van der Waals surface area contributed by atoms with E-state index in [2.05, 4.69) is 40.3 Å². The molecule has 5 aromatic rings. The fourth-order valence-corrected chi connectivity index (χ4v) is 4.17. The minimum absolute atomic E-state index is 0.220. The van der Waals surface area contributed by atoms with Crippen LogP contribution in [0.3, 0.4) is 0 Å². The Kier molecular flexibility index (Phi) is 5.88. The summed E-state index contributed by atoms with van der Waals surface area (Å²) >= 11 is 1.50. The summed E-state index contributed by atoms with van der Waals surface area (Å²) in [5.74, 6) is 0.128. The minimum Gasteiger partial charge on any atom is -0.493 e. The molecule has 0 saturated heterocycles. The van der Waals surface area contributed by atoms with Gasteiger partial charge in [-0.05, 0) is 36.3 Å². The van der Waals surface area contributed by atoms with Gasteiger partial charge < -0.3 is 15.4 Å². The summed E-state index contributed by atoms with van der Waals surface area (Å²) in [5, 5.41) is 19.0. The van der Waals surface area contributed by atoms with Gasteiger partial charge in [-0.1, -0.05) is 36.0 Å². The second-order valence-corrected chi connectivity index (χ2v) is 9.27. The van der Waals surface area contributed by atoms with Gasteiger partial charge in [0.25, 0.3) is 5.62 Å². The van der Waals surface area contributed by atoms with E-state index in [9.17, 15) is 9.90 Å². The van der Waals surface area contributed by atoms with Crippen LogP contribution in [0.2, 0.25) is 0 Å². The first kappa shape index (κ1) is 22.9. The van der Waals surface area contributed by atoms with E-state index in [1.165, 1.54) is 11.8 Å². The van der Waals surface area contributed by atoms with Crippen molar-refractivity contribution in [3.8, 4) is 17.0 Å². The highest BCUT2D eigenvalue weighted by molar-refractivity contribution is 7.98. The number of aromatic hydroxyl groups is 1. The number of fused-ring (bicyclic) bond motifs is 1. The third kappa shape index (κ3) is 4.80. The summed E-state index contributed by atoms with van der Waals surface area (Å²) in [6.07, 6.45) is 10.8. The predicted octanol–water partition coefficient (Wildman–Crippen LogP) is 1.25. The molecule has 4 N–H and O–H groups in total. The summed E-state index contributed by atoms with van der Waals surface area (Å²) in [7, 11) is 0. The van der Waals surface area contributed by atoms with Crippen molar-refractivity contribution < 1.29 is 5.11 Å². The fourth-order valence-electron chi connectivity index (χ4n) is 3.85. The van der Waals surface area contributed by atoms with Gasteiger partial charge in [0.05, 0.1) is 12.2 Å². The number of rotatable bonds is 7. The van der Waals surface area contributed by atoms with E-state index in [1.807, 2.05) is 42.9 Å². The van der Waals surface area contributed by atoms with Gasteiger partial charge in [0.2, 0.25) is 11.8 Å². The number of imidazole rings is 1. The average molecular weight is 515 g/mol. The lowest BCUT2D eigenvalue weighted by Crippen LogP contribution is -2.24. The number of hydrogen-bond donors (Lipinski definition) is 4. The summed E-state index contributed by atoms with van der Waals surface area (Å²) in [5.41, 5.74) is 3.62. The largest absolute Gasteiger partial charge is 0.493 e. The van der Waals surface area contributed by atoms with E-state index in [1.54, 1.807) is 16.8 Å². The molecular weight excluding hydrogens is 492 g/mol. The van der Waals surface area contributed by atoms with Crippen molar-refractivity contribution in [2.45, 2.75) is 30.6 Å². The van der Waals surface area contributed by atoms with Gasteiger partial charge >= 0.3 is 5.69 Å². The summed E-state index contributed by atoms with van der Waals surface area (Å²) in [6.45, 7) is 0.457. The molecule has 1 fully saturated rings. The summed E-state index contributed by atoms with van der Waals surface area (Å²) < 4.78 is 1.57. The highest BCUT2D eigenvalue weighted by atomic mass is 32.2. The third-order valence-corrected chi connectivity index (χ3v) is 6.41. The number of nitrogens with one attached hydrogen (secondary N) is 3. The first-order valence-corrected chi connectivity index (χ1v) is 12.8. The topological polar surface area (TPSA) is 162 Å². The molecule has 0 amide bonds. The molecule has 1 aromatic carbocycles. The van der Waals surface area contributed by atoms with Crippen LogP contribution in [0.1, 0.15) is 24.1 Å². The lowest BCUT2D eigenvalue weighted by Gasteiger charge is -2.11. The molecule has 4 aromatic heterocycles. The Balaban J connectivity index is 1.38. The molecule has 0 spiro atoms. The number of hydrogen-bond acceptors (Lipinski definition) is 10. The number of thioether (sulfide) groups is 1. The molecule has 0 atom stereocenters. The van der Waals surface area contributed by atoms with Gasteiger partial charge in [-0.2, -0.15) is 19.6 Å². The first-order valence-electron chi connectivity index (χ1n) is 11.6. The van der Waals surface area contributed by atoms with Gasteiger partial charge in [0, 0.05) is 29.7 Å². The van der Waals surface area contributed by atoms with Crippen LogP contribution < -0.4 is 21.8 Å². The first-order chi connectivity index (χ1) is 18.1. The number of aromatic amines is 2. The van der Waals surface area contributed by atoms with Crippen LogP contribution in [0.4, 0.5) is 5.95 Å². The van der Waals surface area contributed by atoms with Crippen molar-refractivity contribution in [3.05, 3.63) is 75.4 Å². The average Bonchev–Trinajstić information content (AvgIpc) is 3.55. The van der Waals surface area contributed by atoms with E-state index in [4.69, 9.17) is 4.99 Å². The van der Waals surface area contributed by atoms with Crippen molar-refractivity contribution in [3.63, 3.8) is 0 Å². The molecule has 1 aliphatic rings. The van der Waals surface area contributed by atoms with Crippen molar-refractivity contribution in [1.82, 2.24) is 39.5 Å². The second-order valence-electron chi connectivity index (χ2n) is 8.50. The molecule has 37 heavy (non-hydrogen) atoms. The maximum Gasteiger partial charge on any atom is 0.326 e. The Labute approximate surface area is 213 Å². The van der Waals surface area contributed by atoms with E-state index >= 15 is 0 Å². The van der Waals surface area contributed by atoms with E-state index in [0.29, 0.717) is 29.0 Å². The molecular formula is C24H22N10O2S. The number of H-pyrrole nitrogens is 2. The molecule has 0 unspecified atom stereocenters. The molecule has 4 heterocycles. The van der Waals surface area contributed by atoms with E-state index < -0.39 is 5.69 Å². The Morgan fingerprint density at radius 2 is 2.00 bits per heavy atom. The smallest absolute Gasteiger partial charge is 0.326 e. The van der Waals surface area contributed by atoms with Crippen LogP contribution in [0.5, 0.6) is 5.88 Å². The number of benzene rings is 1. The molecule has 6 rings (SSSR count). The minimum atomic E-state index is -0.506. The van der Waals surface area contributed by atoms with Crippen molar-refractivity contribution in [1.29, 1.82) is 0 Å². The van der Waals surface area contributed by atoms with E-state index in [-0.39, 0.29) is 17.6 Å². The van der Waals surface area contributed by atoms with E-state index in [0.717, 1.165) is 34.7 Å². The van der Waals surface area contributed by atoms with Gasteiger partial charge in [-0.25, -0.2) is 19.8 Å². The zero-order valence-electron chi connectivity index (χ0n) is 19.7. The molecule has 1 saturated carbocycles. The zero-order chi connectivity index (χ0) is 25.4. The predicted molar refractivity (Wildman–Crippen MR) is 138 cm³/mol. The van der Waals surface area contributed by atoms with Crippen LogP contribution in [0.15, 0.2) is 57.8 Å². The number of nitrogens with zero attached hydrogens (tertiary/aromatic N) is 7. The Bertz CT molecular complexity index is 1770. The van der Waals surface area contributed by atoms with Crippen molar-refractivity contribution in [2.75, 3.05) is 11.6 Å². The van der Waals surface area contributed by atoms with Crippen LogP contribution in [0, 0.1) is 0 Å². The van der Waals surface area contributed by atoms with Gasteiger partial charge in [-0.3, -0.25) is 4.98 Å². The molecule has 13 heteroatoms. The van der Waals surface area contributed by atoms with Gasteiger partial charge in [0.15, 0.2) is 10.8 Å². The van der Waals surface area contributed by atoms with Crippen LogP contribution >= 0.6 is 11.8 Å². The lowest BCUT2D eigenvalue weighted by atomic mass is 10.0. The number of aromatic nitrogens is 8. The van der Waals surface area contributed by atoms with Crippen molar-refractivity contribution >= 4 is 29.4 Å². The molecule has 12 nitrogen and oxygen atoms in total. The normalized spacial score (nSPS) is 14.5. The molecule has 186 valence electrons. The van der Waals surface area contributed by atoms with Crippen LogP contribution in [-0.4, -0.2) is 56.9 Å². The Morgan fingerprint density at radius 3 is 2.73 bits per heavy atom. The van der Waals surface area contributed by atoms with Crippen LogP contribution in [-0.2, 0) is 6.54 Å². The Hall–Kier alpha value is -4.52. The van der Waals surface area contributed by atoms with Gasteiger partial charge in [-0.15, -0.1) is 0 Å². The second kappa shape index (κ2) is 9.50. The van der Waals surface area contributed by atoms with Crippen molar-refractivity contribution in [2.24, 2.45) is 4.99 Å². The Morgan fingerprint density at radius 1 is 1.19 bits per heavy atom. The lowest BCUT2D eigenvalue weighted by molar-refractivity contribution is 0.454. The highest BCUT2D eigenvalue weighted by Gasteiger charge is 2.21. The number of anilines is 1. The van der Waals surface area contributed by atoms with Gasteiger partial charge in [0.1, 0.15) is 5.69 Å². The monoisotopic (exact) mass is 514 g/mol. The standard InChI is InChI=1S/C24H22N10O2S/c1-37-24-26-10-15(11-27-24)17-5-3-2-4-13(17)9-25-21-31-19-14(8-18-20(35)32-23(36)30-18)12-28-34(19)22(33-21)29-16-6-7-16/h2-5,8,10-12,16,35H,6-7,9H2,1H3,(H,25,29,33)(H2,30,32,36). The maximum atomic E-state index is 11.6. The SMILES string of the molecule is CSc1ncc(-c2ccccc2CNc2nc(=NC3CC3)n3ncc(=Cc4[nH]c(=O)[nH]c4O)c3n2)cn1. The maximum absolute atomic E-state index is 11.6. The summed E-state index contributed by atoms with van der Waals surface area (Å²) in [4.78, 5) is 39.2. The molecule has 0 radical (unpaired) electrons. The zero-order valence-corrected chi connectivity index (χ0v) is 20.5.